The van der Waals surface area contributed by atoms with Crippen LogP contribution in [0.5, 0.6) is 0 Å². The standard InChI is InChI=1S/C20H32N2O/c1-5-16-10-8-11-17(6-2)20(16)22-19(23)13-21-18-12-7-9-14(3)15(18)4/h8,10-11,14-15,18,21H,5-7,9,12-13H2,1-4H3,(H,22,23)/t14-,15+,18-/m1/s1. The van der Waals surface area contributed by atoms with E-state index in [-0.39, 0.29) is 5.91 Å². The van der Waals surface area contributed by atoms with Gasteiger partial charge in [0, 0.05) is 11.7 Å². The lowest BCUT2D eigenvalue weighted by atomic mass is 9.78. The van der Waals surface area contributed by atoms with Crippen molar-refractivity contribution in [3.8, 4) is 0 Å². The summed E-state index contributed by atoms with van der Waals surface area (Å²) in [5.41, 5.74) is 3.46. The van der Waals surface area contributed by atoms with E-state index in [0.29, 0.717) is 18.5 Å². The summed E-state index contributed by atoms with van der Waals surface area (Å²) < 4.78 is 0. The Bertz CT molecular complexity index is 504. The molecule has 23 heavy (non-hydrogen) atoms. The highest BCUT2D eigenvalue weighted by Gasteiger charge is 2.27. The van der Waals surface area contributed by atoms with Crippen molar-refractivity contribution in [2.45, 2.75) is 65.8 Å². The number of anilines is 1. The molecule has 0 bridgehead atoms. The smallest absolute Gasteiger partial charge is 0.238 e. The molecule has 1 aromatic carbocycles. The highest BCUT2D eigenvalue weighted by atomic mass is 16.1. The maximum Gasteiger partial charge on any atom is 0.238 e. The normalized spacial score (nSPS) is 24.4. The Balaban J connectivity index is 1.95. The number of benzene rings is 1. The van der Waals surface area contributed by atoms with E-state index >= 15 is 0 Å². The molecular weight excluding hydrogens is 284 g/mol. The number of carbonyl (C=O) groups is 1. The summed E-state index contributed by atoms with van der Waals surface area (Å²) in [5.74, 6) is 1.47. The van der Waals surface area contributed by atoms with Crippen LogP contribution in [-0.4, -0.2) is 18.5 Å². The van der Waals surface area contributed by atoms with Gasteiger partial charge in [-0.3, -0.25) is 4.79 Å². The number of hydrogen-bond donors (Lipinski definition) is 2. The van der Waals surface area contributed by atoms with Crippen molar-refractivity contribution in [1.82, 2.24) is 5.32 Å². The Hall–Kier alpha value is -1.35. The molecule has 0 saturated heterocycles. The summed E-state index contributed by atoms with van der Waals surface area (Å²) >= 11 is 0. The molecule has 1 saturated carbocycles. The molecule has 3 heteroatoms. The van der Waals surface area contributed by atoms with E-state index in [2.05, 4.69) is 56.5 Å². The monoisotopic (exact) mass is 316 g/mol. The van der Waals surface area contributed by atoms with E-state index in [0.717, 1.165) is 24.4 Å². The fourth-order valence-electron chi connectivity index (χ4n) is 3.68. The number of amides is 1. The lowest BCUT2D eigenvalue weighted by Crippen LogP contribution is -2.43. The second kappa shape index (κ2) is 8.49. The molecule has 1 aliphatic rings. The molecule has 1 aromatic rings. The lowest BCUT2D eigenvalue weighted by molar-refractivity contribution is -0.115. The summed E-state index contributed by atoms with van der Waals surface area (Å²) in [4.78, 5) is 12.4. The SMILES string of the molecule is CCc1cccc(CC)c1NC(=O)CN[C@@H]1CCC[C@@H](C)[C@@H]1C. The van der Waals surface area contributed by atoms with Crippen LogP contribution < -0.4 is 10.6 Å². The minimum Gasteiger partial charge on any atom is -0.324 e. The molecule has 1 fully saturated rings. The number of nitrogens with one attached hydrogen (secondary N) is 2. The minimum atomic E-state index is 0.0750. The molecule has 0 aliphatic heterocycles. The van der Waals surface area contributed by atoms with Gasteiger partial charge in [0.1, 0.15) is 0 Å². The van der Waals surface area contributed by atoms with Crippen molar-refractivity contribution in [1.29, 1.82) is 0 Å². The highest BCUT2D eigenvalue weighted by molar-refractivity contribution is 5.93. The average molecular weight is 316 g/mol. The summed E-state index contributed by atoms with van der Waals surface area (Å²) in [7, 11) is 0. The summed E-state index contributed by atoms with van der Waals surface area (Å²) in [6.07, 6.45) is 5.64. The van der Waals surface area contributed by atoms with Crippen LogP contribution in [0.15, 0.2) is 18.2 Å². The topological polar surface area (TPSA) is 41.1 Å². The molecule has 128 valence electrons. The van der Waals surface area contributed by atoms with Gasteiger partial charge in [-0.15, -0.1) is 0 Å². The summed E-state index contributed by atoms with van der Waals surface area (Å²) in [6, 6.07) is 6.76. The van der Waals surface area contributed by atoms with Crippen LogP contribution in [0.1, 0.15) is 58.1 Å². The number of carbonyl (C=O) groups excluding carboxylic acids is 1. The van der Waals surface area contributed by atoms with Gasteiger partial charge in [0.25, 0.3) is 0 Å². The third-order valence-electron chi connectivity index (χ3n) is 5.49. The van der Waals surface area contributed by atoms with Gasteiger partial charge in [-0.05, 0) is 42.2 Å². The molecule has 0 unspecified atom stereocenters. The number of para-hydroxylation sites is 1. The third-order valence-corrected chi connectivity index (χ3v) is 5.49. The number of rotatable bonds is 6. The third kappa shape index (κ3) is 4.57. The van der Waals surface area contributed by atoms with Gasteiger partial charge in [0.2, 0.25) is 5.91 Å². The maximum absolute atomic E-state index is 12.4. The number of hydrogen-bond acceptors (Lipinski definition) is 2. The zero-order valence-electron chi connectivity index (χ0n) is 15.1. The largest absolute Gasteiger partial charge is 0.324 e. The van der Waals surface area contributed by atoms with E-state index in [1.165, 1.54) is 30.4 Å². The van der Waals surface area contributed by atoms with Gasteiger partial charge < -0.3 is 10.6 Å². The first-order valence-electron chi connectivity index (χ1n) is 9.20. The first kappa shape index (κ1) is 18.0. The maximum atomic E-state index is 12.4. The average Bonchev–Trinajstić information content (AvgIpc) is 2.56. The van der Waals surface area contributed by atoms with Crippen molar-refractivity contribution in [2.24, 2.45) is 11.8 Å². The van der Waals surface area contributed by atoms with Gasteiger partial charge in [-0.2, -0.15) is 0 Å². The quantitative estimate of drug-likeness (QED) is 0.827. The summed E-state index contributed by atoms with van der Waals surface area (Å²) in [6.45, 7) is 9.30. The highest BCUT2D eigenvalue weighted by Crippen LogP contribution is 2.29. The van der Waals surface area contributed by atoms with Gasteiger partial charge in [-0.25, -0.2) is 0 Å². The van der Waals surface area contributed by atoms with Gasteiger partial charge in [0.05, 0.1) is 6.54 Å². The van der Waals surface area contributed by atoms with E-state index in [1.54, 1.807) is 0 Å². The van der Waals surface area contributed by atoms with Crippen molar-refractivity contribution >= 4 is 11.6 Å². The fourth-order valence-corrected chi connectivity index (χ4v) is 3.68. The van der Waals surface area contributed by atoms with Crippen molar-refractivity contribution in [3.63, 3.8) is 0 Å². The molecule has 0 spiro atoms. The fraction of sp³-hybridized carbons (Fsp3) is 0.650. The van der Waals surface area contributed by atoms with Crippen molar-refractivity contribution in [2.75, 3.05) is 11.9 Å². The van der Waals surface area contributed by atoms with E-state index in [4.69, 9.17) is 0 Å². The van der Waals surface area contributed by atoms with E-state index in [9.17, 15) is 4.79 Å². The Morgan fingerprint density at radius 3 is 2.39 bits per heavy atom. The van der Waals surface area contributed by atoms with Crippen molar-refractivity contribution in [3.05, 3.63) is 29.3 Å². The summed E-state index contributed by atoms with van der Waals surface area (Å²) in [5, 5.41) is 6.63. The van der Waals surface area contributed by atoms with Crippen LogP contribution in [0.3, 0.4) is 0 Å². The molecule has 3 nitrogen and oxygen atoms in total. The minimum absolute atomic E-state index is 0.0750. The Morgan fingerprint density at radius 1 is 1.13 bits per heavy atom. The Kier molecular flexibility index (Phi) is 6.64. The second-order valence-corrected chi connectivity index (χ2v) is 6.96. The van der Waals surface area contributed by atoms with Crippen LogP contribution in [0.25, 0.3) is 0 Å². The van der Waals surface area contributed by atoms with Crippen LogP contribution in [0.2, 0.25) is 0 Å². The molecular formula is C20H32N2O. The Morgan fingerprint density at radius 2 is 1.78 bits per heavy atom. The molecule has 0 aromatic heterocycles. The predicted octanol–water partition coefficient (Wildman–Crippen LogP) is 4.16. The van der Waals surface area contributed by atoms with Crippen LogP contribution in [0, 0.1) is 11.8 Å². The molecule has 0 heterocycles. The molecule has 1 amide bonds. The van der Waals surface area contributed by atoms with Crippen LogP contribution >= 0.6 is 0 Å². The van der Waals surface area contributed by atoms with Gasteiger partial charge in [0.15, 0.2) is 0 Å². The zero-order valence-corrected chi connectivity index (χ0v) is 15.1. The Labute approximate surface area is 141 Å². The molecule has 1 aliphatic carbocycles. The first-order chi connectivity index (χ1) is 11.1. The van der Waals surface area contributed by atoms with E-state index in [1.807, 2.05) is 0 Å². The van der Waals surface area contributed by atoms with E-state index < -0.39 is 0 Å². The molecule has 3 atom stereocenters. The first-order valence-corrected chi connectivity index (χ1v) is 9.20. The van der Waals surface area contributed by atoms with Crippen molar-refractivity contribution < 1.29 is 4.79 Å². The predicted molar refractivity (Wildman–Crippen MR) is 97.8 cm³/mol. The van der Waals surface area contributed by atoms with Gasteiger partial charge in [-0.1, -0.05) is 58.7 Å². The van der Waals surface area contributed by atoms with Gasteiger partial charge >= 0.3 is 0 Å². The van der Waals surface area contributed by atoms with Crippen LogP contribution in [0.4, 0.5) is 5.69 Å². The zero-order chi connectivity index (χ0) is 16.8. The molecule has 2 N–H and O–H groups in total. The lowest BCUT2D eigenvalue weighted by Gasteiger charge is -2.34. The molecule has 0 radical (unpaired) electrons. The second-order valence-electron chi connectivity index (χ2n) is 6.96. The van der Waals surface area contributed by atoms with Crippen LogP contribution in [-0.2, 0) is 17.6 Å². The number of aryl methyl sites for hydroxylation is 2. The molecule has 2 rings (SSSR count).